The van der Waals surface area contributed by atoms with Gasteiger partial charge in [0.15, 0.2) is 5.69 Å². The van der Waals surface area contributed by atoms with Crippen molar-refractivity contribution in [2.75, 3.05) is 20.3 Å². The summed E-state index contributed by atoms with van der Waals surface area (Å²) in [6, 6.07) is 5.56. The van der Waals surface area contributed by atoms with Gasteiger partial charge in [-0.3, -0.25) is 0 Å². The van der Waals surface area contributed by atoms with Crippen molar-refractivity contribution in [1.82, 2.24) is 10.3 Å². The lowest BCUT2D eigenvalue weighted by Crippen LogP contribution is -2.23. The lowest BCUT2D eigenvalue weighted by atomic mass is 10.2. The zero-order valence-corrected chi connectivity index (χ0v) is 13.1. The number of ether oxygens (including phenoxy) is 1. The summed E-state index contributed by atoms with van der Waals surface area (Å²) >= 11 is 8.38. The van der Waals surface area contributed by atoms with Crippen LogP contribution in [0.5, 0.6) is 5.88 Å². The van der Waals surface area contributed by atoms with Gasteiger partial charge in [-0.05, 0) is 30.4 Å². The molecule has 0 aliphatic heterocycles. The molecule has 0 fully saturated rings. The van der Waals surface area contributed by atoms with Crippen molar-refractivity contribution in [3.8, 4) is 5.88 Å². The molecule has 0 radical (unpaired) electrons. The number of fused-ring (bicyclic) bond motifs is 1. The highest BCUT2D eigenvalue weighted by Crippen LogP contribution is 2.36. The first-order chi connectivity index (χ1) is 9.61. The van der Waals surface area contributed by atoms with Gasteiger partial charge in [0.05, 0.1) is 12.1 Å². The van der Waals surface area contributed by atoms with Gasteiger partial charge in [0.1, 0.15) is 0 Å². The average molecular weight is 357 g/mol. The van der Waals surface area contributed by atoms with Crippen LogP contribution in [0.4, 0.5) is 5.69 Å². The number of hydrogen-bond acceptors (Lipinski definition) is 4. The molecule has 0 atom stereocenters. The fourth-order valence-corrected chi connectivity index (χ4v) is 2.13. The Balaban J connectivity index is 2.18. The molecule has 0 bridgehead atoms. The highest BCUT2D eigenvalue weighted by molar-refractivity contribution is 9.10. The second kappa shape index (κ2) is 6.78. The second-order valence-electron chi connectivity index (χ2n) is 3.94. The van der Waals surface area contributed by atoms with Gasteiger partial charge in [0, 0.05) is 23.5 Å². The molecule has 0 aliphatic carbocycles. The van der Waals surface area contributed by atoms with Crippen molar-refractivity contribution in [3.05, 3.63) is 22.7 Å². The van der Waals surface area contributed by atoms with Gasteiger partial charge in [0.2, 0.25) is 11.0 Å². The smallest absolute Gasteiger partial charge is 0.218 e. The van der Waals surface area contributed by atoms with Gasteiger partial charge in [-0.15, -0.1) is 10.2 Å². The molecule has 2 rings (SSSR count). The minimum absolute atomic E-state index is 0.0402. The molecule has 0 amide bonds. The van der Waals surface area contributed by atoms with E-state index in [1.807, 2.05) is 18.2 Å². The molecule has 0 saturated carbocycles. The number of azo groups is 1. The predicted molar refractivity (Wildman–Crippen MR) is 84.7 cm³/mol. The molecule has 1 aromatic carbocycles. The SMILES string of the molecule is COCCNC(=S)N=Nc1c(O)[nH]c2ccc(Br)cc12. The van der Waals surface area contributed by atoms with Gasteiger partial charge in [-0.25, -0.2) is 0 Å². The highest BCUT2D eigenvalue weighted by Gasteiger charge is 2.10. The number of H-pyrrole nitrogens is 1. The summed E-state index contributed by atoms with van der Waals surface area (Å²) in [5.74, 6) is -0.0402. The Labute approximate surface area is 129 Å². The molecule has 8 heteroatoms. The van der Waals surface area contributed by atoms with Crippen LogP contribution in [0.1, 0.15) is 0 Å². The third-order valence-corrected chi connectivity index (χ3v) is 3.26. The molecule has 0 spiro atoms. The number of rotatable bonds is 4. The summed E-state index contributed by atoms with van der Waals surface area (Å²) in [6.45, 7) is 1.08. The molecule has 2 aromatic rings. The number of nitrogens with zero attached hydrogens (tertiary/aromatic N) is 2. The van der Waals surface area contributed by atoms with Crippen LogP contribution in [-0.4, -0.2) is 35.5 Å². The normalized spacial score (nSPS) is 11.3. The first-order valence-electron chi connectivity index (χ1n) is 5.80. The number of halogens is 1. The van der Waals surface area contributed by atoms with Crippen molar-refractivity contribution < 1.29 is 9.84 Å². The lowest BCUT2D eigenvalue weighted by Gasteiger charge is -2.00. The van der Waals surface area contributed by atoms with E-state index in [4.69, 9.17) is 17.0 Å². The topological polar surface area (TPSA) is 82.0 Å². The maximum Gasteiger partial charge on any atom is 0.218 e. The van der Waals surface area contributed by atoms with Crippen LogP contribution in [0.2, 0.25) is 0 Å². The first-order valence-corrected chi connectivity index (χ1v) is 7.00. The molecule has 0 aliphatic rings. The highest BCUT2D eigenvalue weighted by atomic mass is 79.9. The van der Waals surface area contributed by atoms with Crippen molar-refractivity contribution in [1.29, 1.82) is 0 Å². The Bertz CT molecular complexity index is 656. The molecule has 6 nitrogen and oxygen atoms in total. The molecule has 0 saturated heterocycles. The summed E-state index contributed by atoms with van der Waals surface area (Å²) in [5, 5.41) is 21.6. The van der Waals surface area contributed by atoms with Crippen molar-refractivity contribution >= 4 is 49.9 Å². The summed E-state index contributed by atoms with van der Waals surface area (Å²) in [4.78, 5) is 2.83. The number of hydrogen-bond donors (Lipinski definition) is 3. The number of aromatic amines is 1. The number of thiocarbonyl (C=S) groups is 1. The van der Waals surface area contributed by atoms with E-state index in [2.05, 4.69) is 36.5 Å². The van der Waals surface area contributed by atoms with Gasteiger partial charge in [-0.2, -0.15) is 0 Å². The number of methoxy groups -OCH3 is 1. The summed E-state index contributed by atoms with van der Waals surface area (Å²) < 4.78 is 5.78. The Morgan fingerprint density at radius 3 is 3.10 bits per heavy atom. The molecule has 1 heterocycles. The second-order valence-corrected chi connectivity index (χ2v) is 5.24. The largest absolute Gasteiger partial charge is 0.493 e. The maximum atomic E-state index is 9.84. The van der Waals surface area contributed by atoms with E-state index in [1.165, 1.54) is 0 Å². The van der Waals surface area contributed by atoms with E-state index in [-0.39, 0.29) is 11.0 Å². The average Bonchev–Trinajstić information content (AvgIpc) is 2.72. The monoisotopic (exact) mass is 356 g/mol. The van der Waals surface area contributed by atoms with Crippen LogP contribution >= 0.6 is 28.1 Å². The van der Waals surface area contributed by atoms with E-state index in [0.717, 1.165) is 15.4 Å². The molecule has 1 aromatic heterocycles. The van der Waals surface area contributed by atoms with E-state index in [0.29, 0.717) is 18.8 Å². The van der Waals surface area contributed by atoms with Crippen molar-refractivity contribution in [3.63, 3.8) is 0 Å². The summed E-state index contributed by atoms with van der Waals surface area (Å²) in [7, 11) is 1.61. The van der Waals surface area contributed by atoms with Gasteiger partial charge < -0.3 is 20.1 Å². The third kappa shape index (κ3) is 3.53. The van der Waals surface area contributed by atoms with Crippen LogP contribution < -0.4 is 5.32 Å². The van der Waals surface area contributed by atoms with Crippen molar-refractivity contribution in [2.24, 2.45) is 10.2 Å². The Morgan fingerprint density at radius 1 is 1.55 bits per heavy atom. The lowest BCUT2D eigenvalue weighted by molar-refractivity contribution is 0.204. The quantitative estimate of drug-likeness (QED) is 0.446. The molecule has 106 valence electrons. The number of nitrogens with one attached hydrogen (secondary N) is 2. The molecule has 3 N–H and O–H groups in total. The predicted octanol–water partition coefficient (Wildman–Crippen LogP) is 3.24. The first kappa shape index (κ1) is 14.9. The fourth-order valence-electron chi connectivity index (χ4n) is 1.63. The fraction of sp³-hybridized carbons (Fsp3) is 0.250. The van der Waals surface area contributed by atoms with Gasteiger partial charge >= 0.3 is 0 Å². The van der Waals surface area contributed by atoms with Crippen LogP contribution in [0.15, 0.2) is 32.9 Å². The third-order valence-electron chi connectivity index (χ3n) is 2.54. The minimum Gasteiger partial charge on any atom is -0.493 e. The van der Waals surface area contributed by atoms with Crippen LogP contribution in [0.3, 0.4) is 0 Å². The maximum absolute atomic E-state index is 9.84. The van der Waals surface area contributed by atoms with Gasteiger partial charge in [-0.1, -0.05) is 15.9 Å². The molecular weight excluding hydrogens is 344 g/mol. The Morgan fingerprint density at radius 2 is 2.35 bits per heavy atom. The van der Waals surface area contributed by atoms with E-state index in [9.17, 15) is 5.11 Å². The van der Waals surface area contributed by atoms with Crippen LogP contribution in [0.25, 0.3) is 10.9 Å². The minimum atomic E-state index is -0.0402. The zero-order valence-electron chi connectivity index (χ0n) is 10.7. The summed E-state index contributed by atoms with van der Waals surface area (Å²) in [5.41, 5.74) is 1.13. The van der Waals surface area contributed by atoms with Crippen LogP contribution in [0, 0.1) is 0 Å². The number of aromatic nitrogens is 1. The van der Waals surface area contributed by atoms with E-state index < -0.39 is 0 Å². The van der Waals surface area contributed by atoms with Gasteiger partial charge in [0.25, 0.3) is 0 Å². The van der Waals surface area contributed by atoms with E-state index in [1.54, 1.807) is 7.11 Å². The van der Waals surface area contributed by atoms with Crippen molar-refractivity contribution in [2.45, 2.75) is 0 Å². The van der Waals surface area contributed by atoms with Crippen LogP contribution in [-0.2, 0) is 4.74 Å². The Kier molecular flexibility index (Phi) is 5.05. The molecular formula is C12H13BrN4O2S. The number of benzene rings is 1. The number of aromatic hydroxyl groups is 1. The zero-order chi connectivity index (χ0) is 14.5. The standard InChI is InChI=1S/C12H13BrN4O2S/c1-19-5-4-14-12(20)17-16-10-8-6-7(13)2-3-9(8)15-11(10)18/h2-3,6,15,18H,4-5H2,1H3,(H,14,20). The summed E-state index contributed by atoms with van der Waals surface area (Å²) in [6.07, 6.45) is 0. The molecule has 20 heavy (non-hydrogen) atoms. The Hall–Kier alpha value is -1.51. The molecule has 0 unspecified atom stereocenters. The van der Waals surface area contributed by atoms with E-state index >= 15 is 0 Å².